The highest BCUT2D eigenvalue weighted by Gasteiger charge is 2.22. The number of nitrogens with one attached hydrogen (secondary N) is 1. The first-order valence-electron chi connectivity index (χ1n) is 9.39. The van der Waals surface area contributed by atoms with Gasteiger partial charge in [-0.15, -0.1) is 0 Å². The van der Waals surface area contributed by atoms with Gasteiger partial charge in [0.05, 0.1) is 12.5 Å². The summed E-state index contributed by atoms with van der Waals surface area (Å²) in [6.45, 7) is 3.21. The van der Waals surface area contributed by atoms with Crippen LogP contribution < -0.4 is 5.32 Å². The van der Waals surface area contributed by atoms with Gasteiger partial charge in [0.1, 0.15) is 0 Å². The van der Waals surface area contributed by atoms with Crippen molar-refractivity contribution in [1.29, 1.82) is 0 Å². The molecule has 0 saturated carbocycles. The largest absolute Gasteiger partial charge is 0.481 e. The lowest BCUT2D eigenvalue weighted by Gasteiger charge is -2.20. The van der Waals surface area contributed by atoms with E-state index in [1.165, 1.54) is 0 Å². The first-order valence-corrected chi connectivity index (χ1v) is 9.39. The molecule has 0 unspecified atom stereocenters. The van der Waals surface area contributed by atoms with Crippen molar-refractivity contribution in [2.45, 2.75) is 38.8 Å². The molecular formula is C22H24N2O4. The molecule has 3 rings (SSSR count). The Morgan fingerprint density at radius 2 is 1.86 bits per heavy atom. The van der Waals surface area contributed by atoms with Gasteiger partial charge in [-0.3, -0.25) is 14.4 Å². The van der Waals surface area contributed by atoms with Gasteiger partial charge in [0.15, 0.2) is 0 Å². The fraction of sp³-hybridized carbons (Fsp3) is 0.318. The normalized spacial score (nSPS) is 14.8. The van der Waals surface area contributed by atoms with E-state index in [4.69, 9.17) is 0 Å². The third kappa shape index (κ3) is 4.76. The average Bonchev–Trinajstić information content (AvgIpc) is 3.06. The number of carbonyl (C=O) groups excluding carboxylic acids is 2. The molecule has 0 radical (unpaired) electrons. The van der Waals surface area contributed by atoms with E-state index in [0.29, 0.717) is 18.5 Å². The second-order valence-corrected chi connectivity index (χ2v) is 7.10. The molecule has 0 bridgehead atoms. The van der Waals surface area contributed by atoms with Gasteiger partial charge in [-0.05, 0) is 42.2 Å². The van der Waals surface area contributed by atoms with Gasteiger partial charge in [0.2, 0.25) is 5.91 Å². The monoisotopic (exact) mass is 380 g/mol. The molecule has 2 aromatic rings. The molecule has 1 aliphatic heterocycles. The van der Waals surface area contributed by atoms with Crippen LogP contribution in [0.15, 0.2) is 48.5 Å². The summed E-state index contributed by atoms with van der Waals surface area (Å²) >= 11 is 0. The Kier molecular flexibility index (Phi) is 6.09. The molecule has 6 heteroatoms. The molecule has 2 N–H and O–H groups in total. The van der Waals surface area contributed by atoms with Gasteiger partial charge in [-0.1, -0.05) is 36.4 Å². The molecule has 1 saturated heterocycles. The van der Waals surface area contributed by atoms with E-state index in [0.717, 1.165) is 29.7 Å². The number of hydrogen-bond donors (Lipinski definition) is 2. The molecule has 1 heterocycles. The van der Waals surface area contributed by atoms with E-state index in [1.807, 2.05) is 48.2 Å². The quantitative estimate of drug-likeness (QED) is 0.773. The van der Waals surface area contributed by atoms with Crippen LogP contribution in [0.4, 0.5) is 0 Å². The Hall–Kier alpha value is -3.15. The molecule has 146 valence electrons. The number of rotatable bonds is 7. The Bertz CT molecular complexity index is 876. The van der Waals surface area contributed by atoms with Crippen molar-refractivity contribution in [1.82, 2.24) is 10.2 Å². The van der Waals surface area contributed by atoms with Crippen LogP contribution in [-0.2, 0) is 16.1 Å². The van der Waals surface area contributed by atoms with Crippen molar-refractivity contribution < 1.29 is 19.5 Å². The smallest absolute Gasteiger partial charge is 0.305 e. The van der Waals surface area contributed by atoms with Crippen molar-refractivity contribution >= 4 is 17.8 Å². The maximum absolute atomic E-state index is 12.7. The minimum atomic E-state index is -0.973. The van der Waals surface area contributed by atoms with Gasteiger partial charge >= 0.3 is 5.97 Å². The van der Waals surface area contributed by atoms with Crippen LogP contribution in [0.25, 0.3) is 0 Å². The number of hydrogen-bond acceptors (Lipinski definition) is 3. The van der Waals surface area contributed by atoms with Gasteiger partial charge in [0, 0.05) is 25.1 Å². The maximum Gasteiger partial charge on any atom is 0.305 e. The maximum atomic E-state index is 12.7. The predicted molar refractivity (Wildman–Crippen MR) is 105 cm³/mol. The zero-order valence-electron chi connectivity index (χ0n) is 15.9. The van der Waals surface area contributed by atoms with Crippen molar-refractivity contribution in [3.63, 3.8) is 0 Å². The molecule has 6 nitrogen and oxygen atoms in total. The van der Waals surface area contributed by atoms with E-state index in [1.54, 1.807) is 12.1 Å². The van der Waals surface area contributed by atoms with Gasteiger partial charge in [0.25, 0.3) is 5.91 Å². The van der Waals surface area contributed by atoms with Crippen LogP contribution in [0.5, 0.6) is 0 Å². The summed E-state index contributed by atoms with van der Waals surface area (Å²) in [6, 6.07) is 13.9. The number of carboxylic acids is 1. The summed E-state index contributed by atoms with van der Waals surface area (Å²) in [5.74, 6) is -1.13. The van der Waals surface area contributed by atoms with Crippen LogP contribution >= 0.6 is 0 Å². The highest BCUT2D eigenvalue weighted by molar-refractivity contribution is 5.94. The number of benzene rings is 2. The Labute approximate surface area is 164 Å². The first kappa shape index (κ1) is 19.6. The van der Waals surface area contributed by atoms with Crippen molar-refractivity contribution in [3.05, 3.63) is 70.8 Å². The summed E-state index contributed by atoms with van der Waals surface area (Å²) in [5.41, 5.74) is 3.15. The Morgan fingerprint density at radius 1 is 1.14 bits per heavy atom. The molecular weight excluding hydrogens is 356 g/mol. The second-order valence-electron chi connectivity index (χ2n) is 7.10. The SMILES string of the molecule is Cc1ccccc1[C@H](CC(=O)O)NC(=O)c1ccc(CN2CCCC2=O)cc1. The number of likely N-dealkylation sites (tertiary alicyclic amines) is 1. The Morgan fingerprint density at radius 3 is 2.46 bits per heavy atom. The third-order valence-electron chi connectivity index (χ3n) is 5.01. The van der Waals surface area contributed by atoms with Crippen LogP contribution in [0.2, 0.25) is 0 Å². The minimum absolute atomic E-state index is 0.163. The number of aliphatic carboxylic acids is 1. The highest BCUT2D eigenvalue weighted by atomic mass is 16.4. The van der Waals surface area contributed by atoms with E-state index in [2.05, 4.69) is 5.32 Å². The van der Waals surface area contributed by atoms with Crippen LogP contribution in [0.3, 0.4) is 0 Å². The summed E-state index contributed by atoms with van der Waals surface area (Å²) in [6.07, 6.45) is 1.30. The van der Waals surface area contributed by atoms with E-state index >= 15 is 0 Å². The number of carbonyl (C=O) groups is 3. The number of carboxylic acid groups (broad SMARTS) is 1. The number of nitrogens with zero attached hydrogens (tertiary/aromatic N) is 1. The topological polar surface area (TPSA) is 86.7 Å². The average molecular weight is 380 g/mol. The van der Waals surface area contributed by atoms with E-state index < -0.39 is 12.0 Å². The molecule has 28 heavy (non-hydrogen) atoms. The lowest BCUT2D eigenvalue weighted by Crippen LogP contribution is -2.30. The number of amides is 2. The minimum Gasteiger partial charge on any atom is -0.481 e. The fourth-order valence-electron chi connectivity index (χ4n) is 3.49. The van der Waals surface area contributed by atoms with Gasteiger partial charge in [-0.2, -0.15) is 0 Å². The molecule has 1 atom stereocenters. The fourth-order valence-corrected chi connectivity index (χ4v) is 3.49. The molecule has 1 aliphatic rings. The summed E-state index contributed by atoms with van der Waals surface area (Å²) in [7, 11) is 0. The second kappa shape index (κ2) is 8.69. The van der Waals surface area contributed by atoms with Gasteiger partial charge < -0.3 is 15.3 Å². The summed E-state index contributed by atoms with van der Waals surface area (Å²) < 4.78 is 0. The van der Waals surface area contributed by atoms with Crippen LogP contribution in [0.1, 0.15) is 52.4 Å². The summed E-state index contributed by atoms with van der Waals surface area (Å²) in [4.78, 5) is 37.5. The zero-order valence-corrected chi connectivity index (χ0v) is 15.9. The molecule has 0 spiro atoms. The number of aryl methyl sites for hydroxylation is 1. The standard InChI is InChI=1S/C22H24N2O4/c1-15-5-2-3-6-18(15)19(13-21(26)27)23-22(28)17-10-8-16(9-11-17)14-24-12-4-7-20(24)25/h2-3,5-6,8-11,19H,4,7,12-14H2,1H3,(H,23,28)(H,26,27)/t19-/m0/s1. The predicted octanol–water partition coefficient (Wildman–Crippen LogP) is 3.06. The van der Waals surface area contributed by atoms with Crippen molar-refractivity contribution in [3.8, 4) is 0 Å². The Balaban J connectivity index is 1.70. The van der Waals surface area contributed by atoms with E-state index in [9.17, 15) is 19.5 Å². The van der Waals surface area contributed by atoms with Crippen molar-refractivity contribution in [2.75, 3.05) is 6.54 Å². The van der Waals surface area contributed by atoms with Crippen LogP contribution in [0, 0.1) is 6.92 Å². The van der Waals surface area contributed by atoms with Gasteiger partial charge in [-0.25, -0.2) is 0 Å². The first-order chi connectivity index (χ1) is 13.4. The molecule has 1 fully saturated rings. The lowest BCUT2D eigenvalue weighted by atomic mass is 9.98. The zero-order chi connectivity index (χ0) is 20.1. The molecule has 0 aliphatic carbocycles. The third-order valence-corrected chi connectivity index (χ3v) is 5.01. The van der Waals surface area contributed by atoms with Crippen molar-refractivity contribution in [2.24, 2.45) is 0 Å². The molecule has 2 amide bonds. The lowest BCUT2D eigenvalue weighted by molar-refractivity contribution is -0.137. The molecule has 0 aromatic heterocycles. The molecule has 2 aromatic carbocycles. The van der Waals surface area contributed by atoms with Crippen LogP contribution in [-0.4, -0.2) is 34.3 Å². The summed E-state index contributed by atoms with van der Waals surface area (Å²) in [5, 5.41) is 12.1. The highest BCUT2D eigenvalue weighted by Crippen LogP contribution is 2.22. The van der Waals surface area contributed by atoms with E-state index in [-0.39, 0.29) is 18.2 Å².